The van der Waals surface area contributed by atoms with Crippen LogP contribution in [0.1, 0.15) is 88.2 Å². The highest BCUT2D eigenvalue weighted by Gasteiger charge is 2.66. The lowest BCUT2D eigenvalue weighted by Gasteiger charge is -2.60. The first-order valence-electron chi connectivity index (χ1n) is 23.5. The fourth-order valence-electron chi connectivity index (χ4n) is 10.5. The number of ether oxygens (including phenoxy) is 5. The molecule has 4 aliphatic rings. The number of amides is 1. The highest BCUT2D eigenvalue weighted by atomic mass is 16.8. The molecule has 4 aromatic carbocycles. The number of benzene rings is 4. The summed E-state index contributed by atoms with van der Waals surface area (Å²) in [6.45, 7) is 6.92. The summed E-state index contributed by atoms with van der Waals surface area (Å²) in [6.07, 6.45) is 9.95. The zero-order valence-electron chi connectivity index (χ0n) is 37.6. The summed E-state index contributed by atoms with van der Waals surface area (Å²) in [5.41, 5.74) is 3.20. The Bertz CT molecular complexity index is 2390. The minimum Gasteiger partial charge on any atom is -0.459 e. The summed E-state index contributed by atoms with van der Waals surface area (Å²) in [6, 6.07) is 25.0. The number of nitro benzene ring substituents is 1. The Labute approximate surface area is 385 Å². The number of nitro groups is 1. The summed E-state index contributed by atoms with van der Waals surface area (Å²) in [4.78, 5) is 34.1. The first kappa shape index (κ1) is 46.7. The number of rotatable bonds is 20. The van der Waals surface area contributed by atoms with E-state index in [0.29, 0.717) is 48.8 Å². The van der Waals surface area contributed by atoms with E-state index in [-0.39, 0.29) is 62.8 Å². The van der Waals surface area contributed by atoms with E-state index < -0.39 is 35.1 Å². The number of oxime groups is 1. The van der Waals surface area contributed by atoms with Crippen LogP contribution >= 0.6 is 0 Å². The van der Waals surface area contributed by atoms with Crippen LogP contribution in [0, 0.1) is 27.9 Å². The third-order valence-electron chi connectivity index (χ3n) is 13.4. The monoisotopic (exact) mass is 903 g/mol. The number of allylic oxidation sites excluding steroid dienone is 1. The Kier molecular flexibility index (Phi) is 15.3. The second-order valence-electron chi connectivity index (χ2n) is 17.5. The second-order valence-corrected chi connectivity index (χ2v) is 17.5. The number of unbranched alkanes of at least 4 members (excludes halogenated alkanes) is 2. The maximum Gasteiger partial charge on any atom is 0.410 e. The van der Waals surface area contributed by atoms with Gasteiger partial charge in [0.15, 0.2) is 0 Å². The Hall–Kier alpha value is -5.80. The van der Waals surface area contributed by atoms with Crippen LogP contribution < -0.4 is 9.47 Å². The number of carbonyl (C=O) groups excluding carboxylic acids is 1. The molecule has 1 amide bonds. The van der Waals surface area contributed by atoms with Gasteiger partial charge in [0, 0.05) is 43.6 Å². The molecule has 0 spiro atoms. The SMILES string of the molecule is C=CCO[C@@]12Oc3ccc(Oc4cccc([N+](=O)[O-])c4)cc3[C@H]3[C@H](CCCCO)[C@@H](CCCCO)C=C(C(=NOC4CCCCO4)C[C@@H]1N(Cc1cccc4ccccc14)C(=O)OCC)[C@H]32. The molecule has 4 aromatic rings. The van der Waals surface area contributed by atoms with Crippen LogP contribution in [0.4, 0.5) is 10.5 Å². The molecule has 1 unspecified atom stereocenters. The smallest absolute Gasteiger partial charge is 0.410 e. The summed E-state index contributed by atoms with van der Waals surface area (Å²) >= 11 is 0. The first-order chi connectivity index (χ1) is 32.3. The average molecular weight is 904 g/mol. The van der Waals surface area contributed by atoms with E-state index in [1.165, 1.54) is 12.1 Å². The van der Waals surface area contributed by atoms with Crippen LogP contribution in [0.5, 0.6) is 17.2 Å². The van der Waals surface area contributed by atoms with Crippen molar-refractivity contribution in [1.82, 2.24) is 4.90 Å². The molecule has 14 nitrogen and oxygen atoms in total. The van der Waals surface area contributed by atoms with Gasteiger partial charge in [-0.1, -0.05) is 78.7 Å². The van der Waals surface area contributed by atoms with E-state index in [9.17, 15) is 25.1 Å². The number of non-ortho nitro benzene ring substituents is 1. The number of nitrogens with zero attached hydrogens (tertiary/aromatic N) is 3. The second kappa shape index (κ2) is 21.7. The zero-order chi connectivity index (χ0) is 46.0. The van der Waals surface area contributed by atoms with Gasteiger partial charge in [-0.15, -0.1) is 6.58 Å². The molecule has 0 bridgehead atoms. The molecule has 14 heteroatoms. The zero-order valence-corrected chi connectivity index (χ0v) is 37.6. The van der Waals surface area contributed by atoms with Crippen molar-refractivity contribution in [3.05, 3.63) is 130 Å². The van der Waals surface area contributed by atoms with Gasteiger partial charge in [-0.05, 0) is 103 Å². The first-order valence-corrected chi connectivity index (χ1v) is 23.5. The van der Waals surface area contributed by atoms with Gasteiger partial charge < -0.3 is 38.7 Å². The molecule has 0 radical (unpaired) electrons. The van der Waals surface area contributed by atoms with Crippen LogP contribution in [-0.4, -0.2) is 83.0 Å². The number of fused-ring (bicyclic) bond motifs is 3. The van der Waals surface area contributed by atoms with Crippen molar-refractivity contribution in [3.63, 3.8) is 0 Å². The van der Waals surface area contributed by atoms with Crippen molar-refractivity contribution in [2.45, 2.75) is 102 Å². The topological polar surface area (TPSA) is 172 Å². The summed E-state index contributed by atoms with van der Waals surface area (Å²) in [5, 5.41) is 38.7. The molecule has 2 heterocycles. The molecular formula is C52H61N3O11. The van der Waals surface area contributed by atoms with Crippen LogP contribution in [0.3, 0.4) is 0 Å². The average Bonchev–Trinajstić information content (AvgIpc) is 3.33. The summed E-state index contributed by atoms with van der Waals surface area (Å²) < 4.78 is 32.9. The van der Waals surface area contributed by atoms with Gasteiger partial charge in [-0.25, -0.2) is 4.79 Å². The molecule has 2 aliphatic heterocycles. The van der Waals surface area contributed by atoms with Crippen molar-refractivity contribution in [1.29, 1.82) is 0 Å². The molecule has 2 fully saturated rings. The van der Waals surface area contributed by atoms with Gasteiger partial charge in [0.25, 0.3) is 5.69 Å². The Morgan fingerprint density at radius 1 is 0.985 bits per heavy atom. The van der Waals surface area contributed by atoms with E-state index in [1.807, 2.05) is 48.5 Å². The minimum atomic E-state index is -1.52. The van der Waals surface area contributed by atoms with Crippen molar-refractivity contribution in [3.8, 4) is 17.2 Å². The lowest BCUT2D eigenvalue weighted by Crippen LogP contribution is -2.70. The van der Waals surface area contributed by atoms with Crippen molar-refractivity contribution >= 4 is 28.3 Å². The molecule has 1 saturated carbocycles. The largest absolute Gasteiger partial charge is 0.459 e. The van der Waals surface area contributed by atoms with Gasteiger partial charge in [0.05, 0.1) is 49.0 Å². The third kappa shape index (κ3) is 9.97. The van der Waals surface area contributed by atoms with Crippen molar-refractivity contribution < 1.29 is 48.5 Å². The molecule has 2 aliphatic carbocycles. The number of aliphatic hydroxyl groups is 2. The van der Waals surface area contributed by atoms with E-state index >= 15 is 0 Å². The Morgan fingerprint density at radius 2 is 1.77 bits per heavy atom. The van der Waals surface area contributed by atoms with E-state index in [4.69, 9.17) is 33.7 Å². The Morgan fingerprint density at radius 3 is 2.55 bits per heavy atom. The van der Waals surface area contributed by atoms with Gasteiger partial charge in [0.2, 0.25) is 12.1 Å². The quantitative estimate of drug-likeness (QED) is 0.0374. The lowest BCUT2D eigenvalue weighted by atomic mass is 9.55. The molecule has 66 heavy (non-hydrogen) atoms. The van der Waals surface area contributed by atoms with Gasteiger partial charge in [-0.3, -0.25) is 15.0 Å². The summed E-state index contributed by atoms with van der Waals surface area (Å²) in [5.74, 6) is -1.16. The standard InChI is InChI=1S/C52H61N3O11/c1-3-28-63-52-47(54(51(58)61-4-2)34-37-18-13-17-35-15-5-6-21-41(35)37)33-45(53-66-48-23-9-12-29-62-48)43-30-36(16-7-10-26-56)42(22-8-11-27-57)49(50(43)52)44-32-40(24-25-46(44)65-52)64-39-20-14-19-38(31-39)55(59)60/h3,5-6,13-15,17-21,24-25,30-32,36,42,47-50,56-57H,1,4,7-12,16,22-23,26-29,33-34H2,2H3/t36-,42+,47-,48?,49+,50+,52+/m0/s1. The van der Waals surface area contributed by atoms with E-state index in [1.54, 1.807) is 36.1 Å². The highest BCUT2D eigenvalue weighted by Crippen LogP contribution is 2.62. The van der Waals surface area contributed by atoms with E-state index in [2.05, 4.69) is 18.7 Å². The fraction of sp³-hybridized carbons (Fsp3) is 0.462. The predicted octanol–water partition coefficient (Wildman–Crippen LogP) is 10.4. The molecule has 0 aromatic heterocycles. The van der Waals surface area contributed by atoms with Crippen molar-refractivity contribution in [2.75, 3.05) is 33.0 Å². The third-order valence-corrected chi connectivity index (χ3v) is 13.4. The Balaban J connectivity index is 1.35. The molecule has 2 N–H and O–H groups in total. The van der Waals surface area contributed by atoms with Crippen molar-refractivity contribution in [2.24, 2.45) is 22.9 Å². The molecule has 350 valence electrons. The lowest BCUT2D eigenvalue weighted by molar-refractivity contribution is -0.384. The van der Waals surface area contributed by atoms with Crippen LogP contribution in [0.2, 0.25) is 0 Å². The normalized spacial score (nSPS) is 24.9. The number of carbonyl (C=O) groups is 1. The number of hydrogen-bond acceptors (Lipinski definition) is 12. The summed E-state index contributed by atoms with van der Waals surface area (Å²) in [7, 11) is 0. The van der Waals surface area contributed by atoms with E-state index in [0.717, 1.165) is 66.0 Å². The minimum absolute atomic E-state index is 0.000387. The molecule has 1 saturated heterocycles. The number of hydrogen-bond donors (Lipinski definition) is 2. The van der Waals surface area contributed by atoms with Gasteiger partial charge >= 0.3 is 6.09 Å². The molecule has 7 atom stereocenters. The fourth-order valence-corrected chi connectivity index (χ4v) is 10.5. The predicted molar refractivity (Wildman–Crippen MR) is 249 cm³/mol. The molecule has 8 rings (SSSR count). The highest BCUT2D eigenvalue weighted by molar-refractivity contribution is 6.03. The van der Waals surface area contributed by atoms with Gasteiger partial charge in [0.1, 0.15) is 23.3 Å². The van der Waals surface area contributed by atoms with Crippen LogP contribution in [0.15, 0.2) is 114 Å². The maximum atomic E-state index is 14.8. The molecular weight excluding hydrogens is 843 g/mol. The maximum absolute atomic E-state index is 14.8. The number of aliphatic hydroxyl groups excluding tert-OH is 2. The van der Waals surface area contributed by atoms with Gasteiger partial charge in [-0.2, -0.15) is 0 Å². The van der Waals surface area contributed by atoms with Crippen LogP contribution in [-0.2, 0) is 25.6 Å². The van der Waals surface area contributed by atoms with Crippen LogP contribution in [0.25, 0.3) is 10.8 Å².